The lowest BCUT2D eigenvalue weighted by Crippen LogP contribution is -2.59. The van der Waals surface area contributed by atoms with Gasteiger partial charge in [0.25, 0.3) is 0 Å². The minimum absolute atomic E-state index is 0.0167. The lowest BCUT2D eigenvalue weighted by atomic mass is 9.90. The van der Waals surface area contributed by atoms with E-state index >= 15 is 0 Å². The second kappa shape index (κ2) is 15.6. The number of carbonyl (C=O) groups excluding carboxylic acids is 3. The lowest BCUT2D eigenvalue weighted by Gasteiger charge is -2.37. The summed E-state index contributed by atoms with van der Waals surface area (Å²) >= 11 is -6.31. The van der Waals surface area contributed by atoms with Crippen LogP contribution in [0, 0.1) is 5.92 Å². The molecule has 0 aliphatic heterocycles. The van der Waals surface area contributed by atoms with Crippen LogP contribution in [0.15, 0.2) is 60.7 Å². The van der Waals surface area contributed by atoms with Gasteiger partial charge in [0.15, 0.2) is 26.2 Å². The summed E-state index contributed by atoms with van der Waals surface area (Å²) < 4.78 is 77.5. The minimum atomic E-state index is -3.63. The molecule has 0 aliphatic rings. The van der Waals surface area contributed by atoms with Gasteiger partial charge >= 0.3 is 17.7 Å². The molecule has 0 fully saturated rings. The third-order valence-electron chi connectivity index (χ3n) is 6.69. The second-order valence-corrected chi connectivity index (χ2v) is 14.8. The smallest absolute Gasteiger partial charge is 0.377 e. The Hall–Kier alpha value is -3.02. The van der Waals surface area contributed by atoms with Crippen LogP contribution in [0.2, 0.25) is 0 Å². The van der Waals surface area contributed by atoms with Crippen LogP contribution in [-0.2, 0) is 68.0 Å². The standard InChI is InChI=1S/C27H36N2O11S3/c1-4-23(30)40-27(25(32)39-2,21-13-9-6-10-14-21)29-24(31)20(17-19-11-7-5-8-12-19)18-26(41(33)34,42(35)36)22(28)15-16-43(3,37)38/h5-14,20,22H,4,15-18,28H2,1-3H3,(H,29,31)(H,33,34)(H,35,36). The molecule has 2 rings (SSSR count). The second-order valence-electron chi connectivity index (χ2n) is 9.78. The zero-order valence-corrected chi connectivity index (χ0v) is 26.3. The maximum absolute atomic E-state index is 14.1. The van der Waals surface area contributed by atoms with E-state index in [-0.39, 0.29) is 18.4 Å². The maximum atomic E-state index is 14.1. The summed E-state index contributed by atoms with van der Waals surface area (Å²) in [4.78, 5) is 39.8. The highest BCUT2D eigenvalue weighted by molar-refractivity contribution is 7.99. The molecule has 16 heteroatoms. The summed E-state index contributed by atoms with van der Waals surface area (Å²) in [5, 5.41) is 2.42. The first-order valence-corrected chi connectivity index (χ1v) is 17.3. The number of hydrogen-bond acceptors (Lipinski definition) is 10. The van der Waals surface area contributed by atoms with E-state index in [1.807, 2.05) is 0 Å². The predicted molar refractivity (Wildman–Crippen MR) is 159 cm³/mol. The largest absolute Gasteiger partial charge is 0.464 e. The quantitative estimate of drug-likeness (QED) is 0.114. The average molecular weight is 661 g/mol. The summed E-state index contributed by atoms with van der Waals surface area (Å²) in [7, 11) is -2.61. The summed E-state index contributed by atoms with van der Waals surface area (Å²) in [6.07, 6.45) is -0.734. The van der Waals surface area contributed by atoms with Crippen LogP contribution in [0.1, 0.15) is 37.3 Å². The molecule has 0 heterocycles. The van der Waals surface area contributed by atoms with Crippen molar-refractivity contribution in [2.45, 2.75) is 48.5 Å². The molecule has 0 aromatic heterocycles. The monoisotopic (exact) mass is 660 g/mol. The van der Waals surface area contributed by atoms with Crippen LogP contribution < -0.4 is 11.1 Å². The van der Waals surface area contributed by atoms with E-state index in [4.69, 9.17) is 15.2 Å². The van der Waals surface area contributed by atoms with Crippen molar-refractivity contribution in [3.63, 3.8) is 0 Å². The van der Waals surface area contributed by atoms with Gasteiger partial charge in [-0.25, -0.2) is 21.6 Å². The molecule has 238 valence electrons. The molecule has 0 spiro atoms. The molecule has 5 unspecified atom stereocenters. The van der Waals surface area contributed by atoms with Gasteiger partial charge in [0.2, 0.25) is 5.91 Å². The number of sulfone groups is 1. The van der Waals surface area contributed by atoms with Crippen molar-refractivity contribution in [1.29, 1.82) is 0 Å². The highest BCUT2D eigenvalue weighted by atomic mass is 32.3. The van der Waals surface area contributed by atoms with Gasteiger partial charge in [0.05, 0.1) is 12.9 Å². The fourth-order valence-electron chi connectivity index (χ4n) is 4.38. The van der Waals surface area contributed by atoms with Crippen molar-refractivity contribution in [2.75, 3.05) is 19.1 Å². The maximum Gasteiger partial charge on any atom is 0.377 e. The first-order valence-electron chi connectivity index (χ1n) is 13.0. The van der Waals surface area contributed by atoms with E-state index < -0.39 is 90.2 Å². The predicted octanol–water partition coefficient (Wildman–Crippen LogP) is 1.23. The van der Waals surface area contributed by atoms with Crippen LogP contribution in [-0.4, -0.2) is 73.0 Å². The molecule has 43 heavy (non-hydrogen) atoms. The Morgan fingerprint density at radius 3 is 2.00 bits per heavy atom. The van der Waals surface area contributed by atoms with Gasteiger partial charge in [0, 0.05) is 30.2 Å². The summed E-state index contributed by atoms with van der Waals surface area (Å²) in [6.45, 7) is 1.47. The van der Waals surface area contributed by atoms with Crippen LogP contribution in [0.5, 0.6) is 0 Å². The average Bonchev–Trinajstić information content (AvgIpc) is 2.97. The fourth-order valence-corrected chi connectivity index (χ4v) is 6.99. The Balaban J connectivity index is 2.71. The molecule has 1 amide bonds. The van der Waals surface area contributed by atoms with Crippen molar-refractivity contribution in [3.05, 3.63) is 71.8 Å². The molecule has 2 aromatic carbocycles. The number of methoxy groups -OCH3 is 1. The number of benzene rings is 2. The van der Waals surface area contributed by atoms with E-state index in [1.54, 1.807) is 36.4 Å². The minimum Gasteiger partial charge on any atom is -0.464 e. The Bertz CT molecular complexity index is 1410. The van der Waals surface area contributed by atoms with Crippen LogP contribution in [0.25, 0.3) is 0 Å². The highest BCUT2D eigenvalue weighted by Crippen LogP contribution is 2.34. The van der Waals surface area contributed by atoms with Gasteiger partial charge in [-0.05, 0) is 24.8 Å². The van der Waals surface area contributed by atoms with Crippen LogP contribution >= 0.6 is 0 Å². The number of nitrogens with one attached hydrogen (secondary N) is 1. The zero-order valence-electron chi connectivity index (χ0n) is 23.8. The Labute approximate surface area is 255 Å². The van der Waals surface area contributed by atoms with Gasteiger partial charge in [-0.2, -0.15) is 0 Å². The first kappa shape index (κ1) is 36.2. The Kier molecular flexibility index (Phi) is 13.1. The molecule has 5 N–H and O–H groups in total. The SMILES string of the molecule is CCC(=O)OC(NC(=O)C(Cc1ccccc1)CC(C(N)CCS(C)(=O)=O)(S(=O)O)S(=O)O)(C(=O)OC)c1ccccc1. The van der Waals surface area contributed by atoms with Crippen molar-refractivity contribution in [1.82, 2.24) is 5.32 Å². The molecular weight excluding hydrogens is 625 g/mol. The molecule has 0 bridgehead atoms. The van der Waals surface area contributed by atoms with Gasteiger partial charge in [-0.3, -0.25) is 9.59 Å². The molecular formula is C27H36N2O11S3. The van der Waals surface area contributed by atoms with E-state index in [2.05, 4.69) is 5.32 Å². The van der Waals surface area contributed by atoms with Gasteiger partial charge in [0.1, 0.15) is 9.84 Å². The third kappa shape index (κ3) is 9.23. The number of esters is 2. The molecule has 13 nitrogen and oxygen atoms in total. The van der Waals surface area contributed by atoms with Crippen LogP contribution in [0.3, 0.4) is 0 Å². The topological polar surface area (TPSA) is 216 Å². The van der Waals surface area contributed by atoms with E-state index in [1.165, 1.54) is 31.2 Å². The molecule has 2 aromatic rings. The normalized spacial score (nSPS) is 17.3. The molecule has 0 saturated heterocycles. The van der Waals surface area contributed by atoms with E-state index in [0.29, 0.717) is 5.56 Å². The number of carbonyl (C=O) groups is 3. The van der Waals surface area contributed by atoms with Gasteiger partial charge < -0.3 is 29.6 Å². The third-order valence-corrected chi connectivity index (χ3v) is 10.6. The lowest BCUT2D eigenvalue weighted by molar-refractivity contribution is -0.189. The van der Waals surface area contributed by atoms with Crippen molar-refractivity contribution in [2.24, 2.45) is 11.7 Å². The van der Waals surface area contributed by atoms with Crippen LogP contribution in [0.4, 0.5) is 0 Å². The first-order chi connectivity index (χ1) is 20.1. The zero-order chi connectivity index (χ0) is 32.4. The van der Waals surface area contributed by atoms with Gasteiger partial charge in [-0.15, -0.1) is 0 Å². The van der Waals surface area contributed by atoms with Crippen molar-refractivity contribution < 1.29 is 49.8 Å². The number of nitrogens with two attached hydrogens (primary N) is 1. The molecule has 0 radical (unpaired) electrons. The van der Waals surface area contributed by atoms with Gasteiger partial charge in [-0.1, -0.05) is 67.6 Å². The summed E-state index contributed by atoms with van der Waals surface area (Å²) in [5.74, 6) is -5.06. The Morgan fingerprint density at radius 1 is 1.00 bits per heavy atom. The summed E-state index contributed by atoms with van der Waals surface area (Å²) in [5.41, 5.74) is 4.18. The number of amides is 1. The summed E-state index contributed by atoms with van der Waals surface area (Å²) in [6, 6.07) is 14.1. The number of ether oxygens (including phenoxy) is 2. The van der Waals surface area contributed by atoms with E-state index in [9.17, 15) is 40.3 Å². The van der Waals surface area contributed by atoms with Crippen molar-refractivity contribution >= 4 is 49.8 Å². The highest BCUT2D eigenvalue weighted by Gasteiger charge is 2.53. The fraction of sp³-hybridized carbons (Fsp3) is 0.444. The Morgan fingerprint density at radius 2 is 1.53 bits per heavy atom. The molecule has 0 aliphatic carbocycles. The van der Waals surface area contributed by atoms with Crippen molar-refractivity contribution in [3.8, 4) is 0 Å². The number of hydrogen-bond donors (Lipinski definition) is 4. The molecule has 5 atom stereocenters. The molecule has 0 saturated carbocycles. The van der Waals surface area contributed by atoms with E-state index in [0.717, 1.165) is 13.4 Å². The number of rotatable bonds is 16.